The smallest absolute Gasteiger partial charge is 0.00793 e. The summed E-state index contributed by atoms with van der Waals surface area (Å²) in [5.74, 6) is 1.39. The lowest BCUT2D eigenvalue weighted by Gasteiger charge is -2.15. The van der Waals surface area contributed by atoms with Gasteiger partial charge in [-0.25, -0.2) is 0 Å². The maximum Gasteiger partial charge on any atom is -0.00793 e. The van der Waals surface area contributed by atoms with Gasteiger partial charge in [-0.05, 0) is 38.5 Å². The summed E-state index contributed by atoms with van der Waals surface area (Å²) < 4.78 is 0. The van der Waals surface area contributed by atoms with Crippen molar-refractivity contribution in [3.05, 3.63) is 23.8 Å². The molecule has 0 bridgehead atoms. The fourth-order valence-corrected chi connectivity index (χ4v) is 2.01. The lowest BCUT2D eigenvalue weighted by atomic mass is 9.90. The maximum absolute atomic E-state index is 2.41. The van der Waals surface area contributed by atoms with Crippen LogP contribution in [0.3, 0.4) is 0 Å². The number of hydrogen-bond acceptors (Lipinski definition) is 0. The Kier molecular flexibility index (Phi) is 7.55. The first-order valence-corrected chi connectivity index (χ1v) is 5.96. The van der Waals surface area contributed by atoms with Crippen LogP contribution in [0.4, 0.5) is 0 Å². The van der Waals surface area contributed by atoms with E-state index in [-0.39, 0.29) is 0 Å². The topological polar surface area (TPSA) is 0 Å². The van der Waals surface area contributed by atoms with Gasteiger partial charge in [-0.2, -0.15) is 0 Å². The summed E-state index contributed by atoms with van der Waals surface area (Å²) in [4.78, 5) is 0. The Morgan fingerprint density at radius 1 is 1.29 bits per heavy atom. The molecule has 0 spiro atoms. The van der Waals surface area contributed by atoms with E-state index in [0.717, 1.165) is 5.92 Å². The Balaban J connectivity index is 4.31. The molecule has 0 aliphatic heterocycles. The van der Waals surface area contributed by atoms with Gasteiger partial charge in [0.1, 0.15) is 0 Å². The Morgan fingerprint density at radius 2 is 1.93 bits per heavy atom. The van der Waals surface area contributed by atoms with E-state index in [1.54, 1.807) is 5.57 Å². The van der Waals surface area contributed by atoms with Crippen LogP contribution >= 0.6 is 0 Å². The van der Waals surface area contributed by atoms with Gasteiger partial charge in [-0.3, -0.25) is 0 Å². The quantitative estimate of drug-likeness (QED) is 0.524. The van der Waals surface area contributed by atoms with E-state index in [2.05, 4.69) is 52.8 Å². The van der Waals surface area contributed by atoms with Crippen LogP contribution in [0, 0.1) is 11.8 Å². The maximum atomic E-state index is 2.41. The third-order valence-corrected chi connectivity index (χ3v) is 2.80. The van der Waals surface area contributed by atoms with Gasteiger partial charge in [0.05, 0.1) is 0 Å². The van der Waals surface area contributed by atoms with Crippen molar-refractivity contribution in [2.75, 3.05) is 0 Å². The van der Waals surface area contributed by atoms with E-state index in [4.69, 9.17) is 0 Å². The fourth-order valence-electron chi connectivity index (χ4n) is 2.01. The summed E-state index contributed by atoms with van der Waals surface area (Å²) in [7, 11) is 0. The number of hydrogen-bond donors (Lipinski definition) is 0. The molecule has 0 aromatic carbocycles. The van der Waals surface area contributed by atoms with E-state index in [9.17, 15) is 0 Å². The van der Waals surface area contributed by atoms with Crippen LogP contribution in [-0.4, -0.2) is 0 Å². The summed E-state index contributed by atoms with van der Waals surface area (Å²) in [6.45, 7) is 11.2. The minimum absolute atomic E-state index is 0.589. The fraction of sp³-hybridized carbons (Fsp3) is 0.714. The van der Waals surface area contributed by atoms with E-state index >= 15 is 0 Å². The lowest BCUT2D eigenvalue weighted by molar-refractivity contribution is 0.530. The summed E-state index contributed by atoms with van der Waals surface area (Å²) in [6.07, 6.45) is 10.7. The van der Waals surface area contributed by atoms with Crippen molar-refractivity contribution in [3.63, 3.8) is 0 Å². The molecule has 0 heteroatoms. The van der Waals surface area contributed by atoms with Crippen molar-refractivity contribution in [3.8, 4) is 0 Å². The molecule has 0 aliphatic carbocycles. The van der Waals surface area contributed by atoms with Crippen LogP contribution in [0.2, 0.25) is 0 Å². The van der Waals surface area contributed by atoms with Gasteiger partial charge >= 0.3 is 0 Å². The highest BCUT2D eigenvalue weighted by Crippen LogP contribution is 2.21. The second kappa shape index (κ2) is 7.84. The minimum atomic E-state index is 0.589. The van der Waals surface area contributed by atoms with Crippen LogP contribution in [-0.2, 0) is 0 Å². The van der Waals surface area contributed by atoms with Gasteiger partial charge in [-0.1, -0.05) is 51.0 Å². The molecule has 14 heavy (non-hydrogen) atoms. The second-order valence-corrected chi connectivity index (χ2v) is 4.19. The number of rotatable bonds is 6. The molecular weight excluding hydrogens is 168 g/mol. The molecule has 0 saturated carbocycles. The van der Waals surface area contributed by atoms with E-state index < -0.39 is 0 Å². The zero-order chi connectivity index (χ0) is 11.0. The van der Waals surface area contributed by atoms with Crippen molar-refractivity contribution in [1.29, 1.82) is 0 Å². The van der Waals surface area contributed by atoms with E-state index in [1.807, 2.05) is 0 Å². The molecule has 2 unspecified atom stereocenters. The van der Waals surface area contributed by atoms with Crippen molar-refractivity contribution in [2.45, 2.75) is 53.9 Å². The summed E-state index contributed by atoms with van der Waals surface area (Å²) in [5.41, 5.74) is 1.57. The first-order valence-electron chi connectivity index (χ1n) is 5.96. The average Bonchev–Trinajstić information content (AvgIpc) is 2.14. The van der Waals surface area contributed by atoms with Gasteiger partial charge in [0.25, 0.3) is 0 Å². The molecule has 0 aromatic rings. The standard InChI is InChI=1S/C14H26/c1-6-9-12(4)11-13(5)14(8-3)10-7-2/h6,9,11-12,14H,7-8,10H2,1-5H3/b9-6-,13-11+. The molecular formula is C14H26. The zero-order valence-electron chi connectivity index (χ0n) is 10.5. The summed E-state index contributed by atoms with van der Waals surface area (Å²) >= 11 is 0. The van der Waals surface area contributed by atoms with Gasteiger partial charge in [-0.15, -0.1) is 0 Å². The second-order valence-electron chi connectivity index (χ2n) is 4.19. The largest absolute Gasteiger partial charge is 0.0911 e. The normalized spacial score (nSPS) is 17.4. The first-order chi connectivity index (χ1) is 6.65. The molecule has 0 heterocycles. The van der Waals surface area contributed by atoms with Crippen molar-refractivity contribution in [1.82, 2.24) is 0 Å². The van der Waals surface area contributed by atoms with Gasteiger partial charge in [0, 0.05) is 0 Å². The minimum Gasteiger partial charge on any atom is -0.0911 e. The lowest BCUT2D eigenvalue weighted by Crippen LogP contribution is -2.01. The molecule has 0 N–H and O–H groups in total. The third kappa shape index (κ3) is 5.26. The highest BCUT2D eigenvalue weighted by atomic mass is 14.1. The molecule has 0 aliphatic rings. The summed E-state index contributed by atoms with van der Waals surface area (Å²) in [5, 5.41) is 0. The molecule has 0 radical (unpaired) electrons. The molecule has 0 saturated heterocycles. The predicted octanol–water partition coefficient (Wildman–Crippen LogP) is 4.97. The van der Waals surface area contributed by atoms with E-state index in [1.165, 1.54) is 19.3 Å². The third-order valence-electron chi connectivity index (χ3n) is 2.80. The predicted molar refractivity (Wildman–Crippen MR) is 66.4 cm³/mol. The van der Waals surface area contributed by atoms with Crippen LogP contribution in [0.5, 0.6) is 0 Å². The summed E-state index contributed by atoms with van der Waals surface area (Å²) in [6, 6.07) is 0. The number of allylic oxidation sites excluding steroid dienone is 4. The Labute approximate surface area is 90.1 Å². The molecule has 0 nitrogen and oxygen atoms in total. The zero-order valence-corrected chi connectivity index (χ0v) is 10.5. The molecule has 0 fully saturated rings. The molecule has 2 atom stereocenters. The van der Waals surface area contributed by atoms with Crippen LogP contribution < -0.4 is 0 Å². The molecule has 0 amide bonds. The van der Waals surface area contributed by atoms with Crippen molar-refractivity contribution >= 4 is 0 Å². The molecule has 82 valence electrons. The Morgan fingerprint density at radius 3 is 2.36 bits per heavy atom. The first kappa shape index (κ1) is 13.5. The monoisotopic (exact) mass is 194 g/mol. The van der Waals surface area contributed by atoms with Crippen LogP contribution in [0.1, 0.15) is 53.9 Å². The van der Waals surface area contributed by atoms with Gasteiger partial charge in [0.15, 0.2) is 0 Å². The van der Waals surface area contributed by atoms with E-state index in [0.29, 0.717) is 5.92 Å². The van der Waals surface area contributed by atoms with Gasteiger partial charge in [0.2, 0.25) is 0 Å². The highest BCUT2D eigenvalue weighted by molar-refractivity contribution is 5.08. The highest BCUT2D eigenvalue weighted by Gasteiger charge is 2.07. The van der Waals surface area contributed by atoms with Crippen LogP contribution in [0.25, 0.3) is 0 Å². The Hall–Kier alpha value is -0.520. The Bertz CT molecular complexity index is 186. The van der Waals surface area contributed by atoms with Crippen molar-refractivity contribution in [2.24, 2.45) is 11.8 Å². The SMILES string of the molecule is C/C=C\C(C)/C=C(\C)C(CC)CCC. The van der Waals surface area contributed by atoms with Crippen LogP contribution in [0.15, 0.2) is 23.8 Å². The average molecular weight is 194 g/mol. The van der Waals surface area contributed by atoms with Crippen molar-refractivity contribution < 1.29 is 0 Å². The molecule has 0 aromatic heterocycles. The molecule has 0 rings (SSSR count). The van der Waals surface area contributed by atoms with Gasteiger partial charge < -0.3 is 0 Å².